The number of aryl methyl sites for hydroxylation is 2. The molecular weight excluding hydrogens is 322 g/mol. The normalized spacial score (nSPS) is 15.4. The van der Waals surface area contributed by atoms with Crippen LogP contribution in [0.4, 0.5) is 0 Å². The second-order valence-corrected chi connectivity index (χ2v) is 10.2. The van der Waals surface area contributed by atoms with E-state index in [2.05, 4.69) is 38.2 Å². The number of carbonyl (C=O) groups is 1. The molecule has 0 spiro atoms. The molecule has 0 bridgehead atoms. The van der Waals surface area contributed by atoms with Crippen LogP contribution < -0.4 is 5.32 Å². The second kappa shape index (κ2) is 6.87. The summed E-state index contributed by atoms with van der Waals surface area (Å²) in [4.78, 5) is 11.8. The average molecular weight is 352 g/mol. The standard InChI is InChI=1S/C19H29NO3S/c1-13-8-16(19(3,4)5)9-14(2)17(13)11-24(22,23)12-18(21)20-10-15-6-7-15/h8-9,15H,6-7,10-12H2,1-5H3,(H,20,21). The maximum Gasteiger partial charge on any atom is 0.235 e. The minimum absolute atomic E-state index is 0.0234. The molecule has 0 unspecified atom stereocenters. The van der Waals surface area contributed by atoms with Crippen molar-refractivity contribution in [2.75, 3.05) is 12.3 Å². The Bertz CT molecular complexity index is 702. The van der Waals surface area contributed by atoms with E-state index in [0.29, 0.717) is 12.5 Å². The topological polar surface area (TPSA) is 63.2 Å². The largest absolute Gasteiger partial charge is 0.355 e. The average Bonchev–Trinajstić information content (AvgIpc) is 3.23. The highest BCUT2D eigenvalue weighted by Gasteiger charge is 2.24. The third kappa shape index (κ3) is 5.33. The molecule has 5 heteroatoms. The number of hydrogen-bond acceptors (Lipinski definition) is 3. The van der Waals surface area contributed by atoms with Crippen molar-refractivity contribution in [1.82, 2.24) is 5.32 Å². The minimum Gasteiger partial charge on any atom is -0.355 e. The molecule has 0 aromatic heterocycles. The molecule has 2 rings (SSSR count). The lowest BCUT2D eigenvalue weighted by Crippen LogP contribution is -2.32. The van der Waals surface area contributed by atoms with Crippen LogP contribution >= 0.6 is 0 Å². The Morgan fingerprint density at radius 2 is 1.71 bits per heavy atom. The van der Waals surface area contributed by atoms with Crippen LogP contribution in [0.1, 0.15) is 55.9 Å². The second-order valence-electron chi connectivity index (χ2n) is 8.12. The van der Waals surface area contributed by atoms with E-state index in [0.717, 1.165) is 29.5 Å². The van der Waals surface area contributed by atoms with Gasteiger partial charge in [-0.1, -0.05) is 32.9 Å². The molecule has 0 saturated heterocycles. The Morgan fingerprint density at radius 1 is 1.17 bits per heavy atom. The van der Waals surface area contributed by atoms with Gasteiger partial charge in [-0.05, 0) is 60.3 Å². The zero-order chi connectivity index (χ0) is 18.1. The smallest absolute Gasteiger partial charge is 0.235 e. The Labute approximate surface area is 146 Å². The molecular formula is C19H29NO3S. The molecule has 1 saturated carbocycles. The Morgan fingerprint density at radius 3 is 2.17 bits per heavy atom. The molecule has 0 atom stereocenters. The van der Waals surface area contributed by atoms with Gasteiger partial charge in [0.1, 0.15) is 5.75 Å². The van der Waals surface area contributed by atoms with Crippen LogP contribution in [0.5, 0.6) is 0 Å². The van der Waals surface area contributed by atoms with E-state index in [9.17, 15) is 13.2 Å². The number of amides is 1. The fourth-order valence-corrected chi connectivity index (χ4v) is 4.25. The van der Waals surface area contributed by atoms with Crippen LogP contribution in [0.15, 0.2) is 12.1 Å². The summed E-state index contributed by atoms with van der Waals surface area (Å²) in [5.41, 5.74) is 3.98. The van der Waals surface area contributed by atoms with E-state index in [1.54, 1.807) is 0 Å². The number of nitrogens with one attached hydrogen (secondary N) is 1. The van der Waals surface area contributed by atoms with Crippen molar-refractivity contribution in [3.63, 3.8) is 0 Å². The molecule has 1 aliphatic carbocycles. The first kappa shape index (κ1) is 19.0. The van der Waals surface area contributed by atoms with Crippen LogP contribution in [0.25, 0.3) is 0 Å². The highest BCUT2D eigenvalue weighted by atomic mass is 32.2. The van der Waals surface area contributed by atoms with Crippen molar-refractivity contribution < 1.29 is 13.2 Å². The van der Waals surface area contributed by atoms with Crippen molar-refractivity contribution in [2.24, 2.45) is 5.92 Å². The van der Waals surface area contributed by atoms with E-state index in [1.165, 1.54) is 5.56 Å². The van der Waals surface area contributed by atoms with Gasteiger partial charge >= 0.3 is 0 Å². The fraction of sp³-hybridized carbons (Fsp3) is 0.632. The monoisotopic (exact) mass is 351 g/mol. The van der Waals surface area contributed by atoms with E-state index in [4.69, 9.17) is 0 Å². The number of rotatable bonds is 6. The van der Waals surface area contributed by atoms with Gasteiger partial charge in [-0.25, -0.2) is 8.42 Å². The van der Waals surface area contributed by atoms with Gasteiger partial charge in [0.15, 0.2) is 9.84 Å². The summed E-state index contributed by atoms with van der Waals surface area (Å²) in [5, 5.41) is 2.73. The van der Waals surface area contributed by atoms with Crippen molar-refractivity contribution >= 4 is 15.7 Å². The Hall–Kier alpha value is -1.36. The third-order valence-corrected chi connectivity index (χ3v) is 5.99. The summed E-state index contributed by atoms with van der Waals surface area (Å²) in [7, 11) is -3.47. The first-order chi connectivity index (χ1) is 11.0. The molecule has 1 fully saturated rings. The lowest BCUT2D eigenvalue weighted by Gasteiger charge is -2.22. The van der Waals surface area contributed by atoms with Crippen LogP contribution in [0, 0.1) is 19.8 Å². The highest BCUT2D eigenvalue weighted by Crippen LogP contribution is 2.28. The zero-order valence-corrected chi connectivity index (χ0v) is 16.2. The van der Waals surface area contributed by atoms with Gasteiger partial charge in [0, 0.05) is 6.54 Å². The summed E-state index contributed by atoms with van der Waals surface area (Å²) in [6, 6.07) is 4.12. The Balaban J connectivity index is 2.09. The first-order valence-electron chi connectivity index (χ1n) is 8.55. The lowest BCUT2D eigenvalue weighted by molar-refractivity contribution is -0.118. The van der Waals surface area contributed by atoms with E-state index >= 15 is 0 Å². The zero-order valence-electron chi connectivity index (χ0n) is 15.4. The van der Waals surface area contributed by atoms with Gasteiger partial charge in [0.25, 0.3) is 0 Å². The van der Waals surface area contributed by atoms with E-state index in [1.807, 2.05) is 13.8 Å². The molecule has 4 nitrogen and oxygen atoms in total. The lowest BCUT2D eigenvalue weighted by atomic mass is 9.84. The van der Waals surface area contributed by atoms with Crippen LogP contribution in [0.2, 0.25) is 0 Å². The maximum atomic E-state index is 12.4. The predicted molar refractivity (Wildman–Crippen MR) is 97.8 cm³/mol. The van der Waals surface area contributed by atoms with Crippen molar-refractivity contribution in [2.45, 2.75) is 58.6 Å². The molecule has 24 heavy (non-hydrogen) atoms. The molecule has 1 aliphatic rings. The quantitative estimate of drug-likeness (QED) is 0.857. The highest BCUT2D eigenvalue weighted by molar-refractivity contribution is 7.91. The summed E-state index contributed by atoms with van der Waals surface area (Å²) in [6.07, 6.45) is 2.26. The number of hydrogen-bond donors (Lipinski definition) is 1. The first-order valence-corrected chi connectivity index (χ1v) is 10.4. The van der Waals surface area contributed by atoms with Crippen LogP contribution in [-0.2, 0) is 25.8 Å². The van der Waals surface area contributed by atoms with Crippen molar-refractivity contribution in [3.8, 4) is 0 Å². The summed E-state index contributed by atoms with van der Waals surface area (Å²) in [6.45, 7) is 10.9. The molecule has 0 aliphatic heterocycles. The number of carbonyl (C=O) groups excluding carboxylic acids is 1. The van der Waals surface area contributed by atoms with Crippen LogP contribution in [-0.4, -0.2) is 26.6 Å². The summed E-state index contributed by atoms with van der Waals surface area (Å²) >= 11 is 0. The summed E-state index contributed by atoms with van der Waals surface area (Å²) in [5.74, 6) is -0.347. The number of benzene rings is 1. The predicted octanol–water partition coefficient (Wildman–Crippen LogP) is 3.04. The molecule has 134 valence electrons. The SMILES string of the molecule is Cc1cc(C(C)(C)C)cc(C)c1CS(=O)(=O)CC(=O)NCC1CC1. The van der Waals surface area contributed by atoms with Crippen molar-refractivity contribution in [3.05, 3.63) is 34.4 Å². The van der Waals surface area contributed by atoms with Gasteiger partial charge in [-0.15, -0.1) is 0 Å². The third-order valence-electron chi connectivity index (χ3n) is 4.56. The van der Waals surface area contributed by atoms with E-state index < -0.39 is 15.6 Å². The molecule has 1 N–H and O–H groups in total. The maximum absolute atomic E-state index is 12.4. The van der Waals surface area contributed by atoms with Gasteiger partial charge in [-0.2, -0.15) is 0 Å². The Kier molecular flexibility index (Phi) is 5.43. The van der Waals surface area contributed by atoms with Crippen molar-refractivity contribution in [1.29, 1.82) is 0 Å². The van der Waals surface area contributed by atoms with Gasteiger partial charge < -0.3 is 5.32 Å². The number of sulfone groups is 1. The minimum atomic E-state index is -3.47. The van der Waals surface area contributed by atoms with Gasteiger partial charge in [0.2, 0.25) is 5.91 Å². The van der Waals surface area contributed by atoms with E-state index in [-0.39, 0.29) is 17.1 Å². The molecule has 0 heterocycles. The summed E-state index contributed by atoms with van der Waals surface area (Å²) < 4.78 is 24.8. The molecule has 0 radical (unpaired) electrons. The fourth-order valence-electron chi connectivity index (χ4n) is 2.76. The van der Waals surface area contributed by atoms with Crippen LogP contribution in [0.3, 0.4) is 0 Å². The van der Waals surface area contributed by atoms with Gasteiger partial charge in [-0.3, -0.25) is 4.79 Å². The van der Waals surface area contributed by atoms with Gasteiger partial charge in [0.05, 0.1) is 5.75 Å². The molecule has 1 amide bonds. The molecule has 1 aromatic rings. The molecule has 1 aromatic carbocycles.